The fourth-order valence-electron chi connectivity index (χ4n) is 1.08. The van der Waals surface area contributed by atoms with Gasteiger partial charge in [-0.3, -0.25) is 0 Å². The van der Waals surface area contributed by atoms with Crippen molar-refractivity contribution >= 4 is 0 Å². The molecule has 1 aliphatic heterocycles. The van der Waals surface area contributed by atoms with Gasteiger partial charge in [-0.15, -0.1) is 0 Å². The molecule has 1 saturated heterocycles. The molecule has 1 heterocycles. The molecule has 11 heavy (non-hydrogen) atoms. The average molecular weight is 164 g/mol. The van der Waals surface area contributed by atoms with Crippen LogP contribution in [0.5, 0.6) is 0 Å². The van der Waals surface area contributed by atoms with Gasteiger partial charge in [-0.1, -0.05) is 0 Å². The second-order valence-corrected chi connectivity index (χ2v) is 2.61. The van der Waals surface area contributed by atoms with Crippen molar-refractivity contribution in [3.63, 3.8) is 0 Å². The first-order valence-corrected chi connectivity index (χ1v) is 3.45. The monoisotopic (exact) mass is 164 g/mol. The first-order chi connectivity index (χ1) is 5.15. The van der Waals surface area contributed by atoms with E-state index in [2.05, 4.69) is 0 Å². The zero-order valence-electron chi connectivity index (χ0n) is 5.92. The summed E-state index contributed by atoms with van der Waals surface area (Å²) >= 11 is 0. The van der Waals surface area contributed by atoms with E-state index in [9.17, 15) is 0 Å². The number of hydrogen-bond donors (Lipinski definition) is 4. The molecule has 5 nitrogen and oxygen atoms in total. The van der Waals surface area contributed by atoms with Crippen LogP contribution in [-0.4, -0.2) is 51.6 Å². The van der Waals surface area contributed by atoms with Crippen molar-refractivity contribution in [3.05, 3.63) is 0 Å². The normalized spacial score (nSPS) is 45.8. The van der Waals surface area contributed by atoms with Gasteiger partial charge in [-0.2, -0.15) is 0 Å². The zero-order valence-corrected chi connectivity index (χ0v) is 5.92. The number of aliphatic hydroxyl groups excluding tert-OH is 4. The van der Waals surface area contributed by atoms with E-state index in [1.54, 1.807) is 0 Å². The highest BCUT2D eigenvalue weighted by Crippen LogP contribution is 2.18. The molecule has 4 atom stereocenters. The molecule has 0 amide bonds. The smallest absolute Gasteiger partial charge is 0.157 e. The summed E-state index contributed by atoms with van der Waals surface area (Å²) in [7, 11) is 0. The van der Waals surface area contributed by atoms with Crippen molar-refractivity contribution in [2.24, 2.45) is 0 Å². The minimum absolute atomic E-state index is 0.0162. The molecule has 5 heteroatoms. The Morgan fingerprint density at radius 1 is 1.27 bits per heavy atom. The largest absolute Gasteiger partial charge is 0.394 e. The van der Waals surface area contributed by atoms with Crippen molar-refractivity contribution in [2.75, 3.05) is 6.61 Å². The molecule has 3 unspecified atom stereocenters. The molecule has 1 fully saturated rings. The van der Waals surface area contributed by atoms with Gasteiger partial charge < -0.3 is 25.2 Å². The van der Waals surface area contributed by atoms with Gasteiger partial charge >= 0.3 is 0 Å². The predicted molar refractivity (Wildman–Crippen MR) is 34.6 cm³/mol. The molecule has 0 spiro atoms. The molecule has 4 N–H and O–H groups in total. The Morgan fingerprint density at radius 2 is 1.91 bits per heavy atom. The van der Waals surface area contributed by atoms with E-state index >= 15 is 0 Å². The van der Waals surface area contributed by atoms with Crippen molar-refractivity contribution in [2.45, 2.75) is 31.0 Å². The van der Waals surface area contributed by atoms with E-state index in [0.717, 1.165) is 0 Å². The van der Waals surface area contributed by atoms with Gasteiger partial charge in [0, 0.05) is 6.42 Å². The van der Waals surface area contributed by atoms with Gasteiger partial charge in [0.1, 0.15) is 12.2 Å². The van der Waals surface area contributed by atoms with Crippen LogP contribution in [0.25, 0.3) is 0 Å². The standard InChI is InChI=1S/C6H12O5/c7-2-4-6(10)3(8)1-5(9)11-4/h3-10H,1-2H2/t3?,4-,5?,6?/m1/s1. The number of aliphatic hydroxyl groups is 4. The molecule has 0 radical (unpaired) electrons. The van der Waals surface area contributed by atoms with Crippen molar-refractivity contribution in [1.82, 2.24) is 0 Å². The summed E-state index contributed by atoms with van der Waals surface area (Å²) in [5.41, 5.74) is 0. The Labute approximate surface area is 63.8 Å². The second kappa shape index (κ2) is 3.46. The van der Waals surface area contributed by atoms with Crippen LogP contribution >= 0.6 is 0 Å². The summed E-state index contributed by atoms with van der Waals surface area (Å²) in [5.74, 6) is 0. The molecule has 0 saturated carbocycles. The maximum absolute atomic E-state index is 9.11. The number of ether oxygens (including phenoxy) is 1. The van der Waals surface area contributed by atoms with Crippen LogP contribution in [0.2, 0.25) is 0 Å². The summed E-state index contributed by atoms with van der Waals surface area (Å²) < 4.78 is 4.71. The molecule has 0 aliphatic carbocycles. The molecule has 1 aliphatic rings. The van der Waals surface area contributed by atoms with Gasteiger partial charge in [0.25, 0.3) is 0 Å². The molecule has 1 rings (SSSR count). The fourth-order valence-corrected chi connectivity index (χ4v) is 1.08. The first-order valence-electron chi connectivity index (χ1n) is 3.45. The second-order valence-electron chi connectivity index (χ2n) is 2.61. The Balaban J connectivity index is 2.51. The van der Waals surface area contributed by atoms with Crippen LogP contribution < -0.4 is 0 Å². The quantitative estimate of drug-likeness (QED) is 0.353. The molecule has 0 bridgehead atoms. The van der Waals surface area contributed by atoms with E-state index in [1.807, 2.05) is 0 Å². The Morgan fingerprint density at radius 3 is 2.45 bits per heavy atom. The molecule has 66 valence electrons. The SMILES string of the molecule is OC[C@H]1OC(O)CC(O)C1O. The highest BCUT2D eigenvalue weighted by atomic mass is 16.6. The lowest BCUT2D eigenvalue weighted by Crippen LogP contribution is -2.49. The summed E-state index contributed by atoms with van der Waals surface area (Å²) in [6.45, 7) is -0.407. The number of hydrogen-bond acceptors (Lipinski definition) is 5. The van der Waals surface area contributed by atoms with E-state index in [0.29, 0.717) is 0 Å². The lowest BCUT2D eigenvalue weighted by atomic mass is 10.0. The third kappa shape index (κ3) is 1.88. The summed E-state index contributed by atoms with van der Waals surface area (Å²) in [6.07, 6.45) is -4.11. The van der Waals surface area contributed by atoms with Crippen LogP contribution in [0, 0.1) is 0 Å². The summed E-state index contributed by atoms with van der Waals surface area (Å²) in [4.78, 5) is 0. The van der Waals surface area contributed by atoms with Crippen LogP contribution in [0.4, 0.5) is 0 Å². The number of rotatable bonds is 1. The van der Waals surface area contributed by atoms with E-state index in [1.165, 1.54) is 0 Å². The third-order valence-corrected chi connectivity index (χ3v) is 1.73. The first kappa shape index (κ1) is 8.89. The van der Waals surface area contributed by atoms with E-state index < -0.39 is 31.2 Å². The topological polar surface area (TPSA) is 90.2 Å². The molecule has 0 aromatic heterocycles. The van der Waals surface area contributed by atoms with Crippen molar-refractivity contribution in [1.29, 1.82) is 0 Å². The minimum Gasteiger partial charge on any atom is -0.394 e. The maximum atomic E-state index is 9.11. The third-order valence-electron chi connectivity index (χ3n) is 1.73. The summed E-state index contributed by atoms with van der Waals surface area (Å²) in [6, 6.07) is 0. The van der Waals surface area contributed by atoms with Gasteiger partial charge in [0.15, 0.2) is 6.29 Å². The molecule has 0 aromatic carbocycles. The van der Waals surface area contributed by atoms with Crippen LogP contribution in [-0.2, 0) is 4.74 Å². The van der Waals surface area contributed by atoms with Crippen LogP contribution in [0.15, 0.2) is 0 Å². The van der Waals surface area contributed by atoms with E-state index in [-0.39, 0.29) is 6.42 Å². The Bertz CT molecular complexity index is 128. The average Bonchev–Trinajstić information content (AvgIpc) is 1.96. The van der Waals surface area contributed by atoms with Gasteiger partial charge in [0.2, 0.25) is 0 Å². The van der Waals surface area contributed by atoms with Gasteiger partial charge in [-0.25, -0.2) is 0 Å². The van der Waals surface area contributed by atoms with Crippen LogP contribution in [0.1, 0.15) is 6.42 Å². The lowest BCUT2D eigenvalue weighted by molar-refractivity contribution is -0.239. The lowest BCUT2D eigenvalue weighted by Gasteiger charge is -2.33. The highest BCUT2D eigenvalue weighted by Gasteiger charge is 2.35. The zero-order chi connectivity index (χ0) is 8.43. The minimum atomic E-state index is -1.11. The van der Waals surface area contributed by atoms with Gasteiger partial charge in [-0.05, 0) is 0 Å². The Hall–Kier alpha value is -0.200. The fraction of sp³-hybridized carbons (Fsp3) is 1.00. The van der Waals surface area contributed by atoms with Gasteiger partial charge in [0.05, 0.1) is 12.7 Å². The van der Waals surface area contributed by atoms with E-state index in [4.69, 9.17) is 25.2 Å². The summed E-state index contributed by atoms with van der Waals surface area (Å²) in [5, 5.41) is 35.6. The molecular weight excluding hydrogens is 152 g/mol. The van der Waals surface area contributed by atoms with Crippen molar-refractivity contribution in [3.8, 4) is 0 Å². The maximum Gasteiger partial charge on any atom is 0.157 e. The van der Waals surface area contributed by atoms with Crippen LogP contribution in [0.3, 0.4) is 0 Å². The molecular formula is C6H12O5. The molecule has 0 aromatic rings. The van der Waals surface area contributed by atoms with Crippen molar-refractivity contribution < 1.29 is 25.2 Å². The predicted octanol–water partition coefficient (Wildman–Crippen LogP) is -2.19. The Kier molecular flexibility index (Phi) is 2.80. The highest BCUT2D eigenvalue weighted by molar-refractivity contribution is 4.81.